The van der Waals surface area contributed by atoms with E-state index in [1.165, 1.54) is 18.3 Å². The largest absolute Gasteiger partial charge is 0.383 e. The lowest BCUT2D eigenvalue weighted by Gasteiger charge is -2.17. The Labute approximate surface area is 174 Å². The van der Waals surface area contributed by atoms with Gasteiger partial charge in [0.2, 0.25) is 15.9 Å². The van der Waals surface area contributed by atoms with E-state index in [9.17, 15) is 13.2 Å². The zero-order valence-corrected chi connectivity index (χ0v) is 16.8. The molecule has 1 fully saturated rings. The molecule has 0 radical (unpaired) electrons. The number of nitrogens with two attached hydrogens (primary N) is 1. The number of aromatic nitrogens is 1. The molecule has 0 aliphatic carbocycles. The molecule has 1 aliphatic heterocycles. The van der Waals surface area contributed by atoms with Gasteiger partial charge in [-0.25, -0.2) is 13.4 Å². The van der Waals surface area contributed by atoms with Gasteiger partial charge in [-0.1, -0.05) is 12.1 Å². The molecule has 1 amide bonds. The van der Waals surface area contributed by atoms with Crippen LogP contribution in [0.3, 0.4) is 0 Å². The predicted molar refractivity (Wildman–Crippen MR) is 111 cm³/mol. The van der Waals surface area contributed by atoms with E-state index in [0.29, 0.717) is 41.7 Å². The maximum absolute atomic E-state index is 12.8. The smallest absolute Gasteiger partial charge is 0.241 e. The molecule has 1 aromatic heterocycles. The molecule has 3 N–H and O–H groups in total. The number of likely N-dealkylation sites (tertiary alicyclic amines) is 1. The molecule has 3 aromatic rings. The number of nitrogens with one attached hydrogen (secondary N) is 1. The number of rotatable bonds is 5. The molecule has 30 heavy (non-hydrogen) atoms. The van der Waals surface area contributed by atoms with Crippen molar-refractivity contribution in [1.29, 1.82) is 5.26 Å². The van der Waals surface area contributed by atoms with Crippen molar-refractivity contribution in [2.45, 2.75) is 23.9 Å². The molecule has 1 aliphatic rings. The average Bonchev–Trinajstić information content (AvgIpc) is 3.07. The van der Waals surface area contributed by atoms with Crippen molar-refractivity contribution in [2.75, 3.05) is 12.3 Å². The van der Waals surface area contributed by atoms with Crippen molar-refractivity contribution in [3.63, 3.8) is 0 Å². The highest BCUT2D eigenvalue weighted by atomic mass is 32.2. The van der Waals surface area contributed by atoms with Crippen molar-refractivity contribution >= 4 is 32.5 Å². The first kappa shape index (κ1) is 19.8. The second kappa shape index (κ2) is 7.74. The van der Waals surface area contributed by atoms with Gasteiger partial charge in [0.05, 0.1) is 16.5 Å². The van der Waals surface area contributed by atoms with Gasteiger partial charge in [0.1, 0.15) is 11.9 Å². The topological polar surface area (TPSA) is 129 Å². The molecule has 9 heteroatoms. The van der Waals surface area contributed by atoms with Crippen LogP contribution in [0.4, 0.5) is 5.82 Å². The molecule has 0 saturated carbocycles. The van der Waals surface area contributed by atoms with Crippen LogP contribution in [0, 0.1) is 11.3 Å². The van der Waals surface area contributed by atoms with Crippen LogP contribution in [0.1, 0.15) is 17.5 Å². The third kappa shape index (κ3) is 3.83. The average molecular weight is 421 g/mol. The highest BCUT2D eigenvalue weighted by Crippen LogP contribution is 2.23. The molecule has 0 spiro atoms. The van der Waals surface area contributed by atoms with Gasteiger partial charge in [-0.15, -0.1) is 0 Å². The molecule has 0 unspecified atom stereocenters. The van der Waals surface area contributed by atoms with E-state index < -0.39 is 16.1 Å². The van der Waals surface area contributed by atoms with Crippen LogP contribution in [0.5, 0.6) is 0 Å². The summed E-state index contributed by atoms with van der Waals surface area (Å²) in [5, 5.41) is 10.3. The summed E-state index contributed by atoms with van der Waals surface area (Å²) >= 11 is 0. The lowest BCUT2D eigenvalue weighted by Crippen LogP contribution is -2.41. The fourth-order valence-electron chi connectivity index (χ4n) is 3.57. The number of benzene rings is 2. The Bertz CT molecular complexity index is 1280. The standard InChI is InChI=1S/C21H19N5O3S/c22-12-14-2-1-3-15(10-14)13-26-9-7-19(21(26)27)25-30(28,29)17-4-5-18-16(11-17)6-8-24-20(18)23/h1-6,8,10-11,19,25H,7,9,13H2,(H2,23,24)/t19-/m0/s1. The second-order valence-electron chi connectivity index (χ2n) is 7.11. The molecule has 2 heterocycles. The Hall–Kier alpha value is -3.48. The van der Waals surface area contributed by atoms with E-state index in [4.69, 9.17) is 11.0 Å². The van der Waals surface area contributed by atoms with E-state index >= 15 is 0 Å². The molecule has 8 nitrogen and oxygen atoms in total. The molecular formula is C21H19N5O3S. The number of fused-ring (bicyclic) bond motifs is 1. The number of hydrogen-bond acceptors (Lipinski definition) is 6. The maximum atomic E-state index is 12.8. The number of hydrogen-bond donors (Lipinski definition) is 2. The van der Waals surface area contributed by atoms with Gasteiger partial charge >= 0.3 is 0 Å². The van der Waals surface area contributed by atoms with E-state index in [-0.39, 0.29) is 10.8 Å². The Kier molecular flexibility index (Phi) is 5.11. The van der Waals surface area contributed by atoms with Crippen molar-refractivity contribution in [2.24, 2.45) is 0 Å². The summed E-state index contributed by atoms with van der Waals surface area (Å²) < 4.78 is 28.2. The van der Waals surface area contributed by atoms with E-state index in [1.54, 1.807) is 35.2 Å². The molecule has 152 valence electrons. The molecule has 2 aromatic carbocycles. The Morgan fingerprint density at radius 1 is 1.23 bits per heavy atom. The maximum Gasteiger partial charge on any atom is 0.241 e. The highest BCUT2D eigenvalue weighted by molar-refractivity contribution is 7.89. The number of nitrogen functional groups attached to an aromatic ring is 1. The number of anilines is 1. The van der Waals surface area contributed by atoms with E-state index in [2.05, 4.69) is 15.8 Å². The first-order valence-electron chi connectivity index (χ1n) is 9.32. The fraction of sp³-hybridized carbons (Fsp3) is 0.190. The van der Waals surface area contributed by atoms with Gasteiger partial charge in [0.25, 0.3) is 0 Å². The zero-order valence-electron chi connectivity index (χ0n) is 15.9. The summed E-state index contributed by atoms with van der Waals surface area (Å²) in [5.74, 6) is 0.0432. The molecule has 1 atom stereocenters. The number of carbonyl (C=O) groups is 1. The van der Waals surface area contributed by atoms with Gasteiger partial charge in [-0.05, 0) is 53.8 Å². The lowest BCUT2D eigenvalue weighted by molar-refractivity contribution is -0.129. The van der Waals surface area contributed by atoms with Gasteiger partial charge in [-0.3, -0.25) is 4.79 Å². The van der Waals surface area contributed by atoms with Gasteiger partial charge < -0.3 is 10.6 Å². The van der Waals surface area contributed by atoms with Gasteiger partial charge in [0.15, 0.2) is 0 Å². The summed E-state index contributed by atoms with van der Waals surface area (Å²) in [6, 6.07) is 14.5. The SMILES string of the molecule is N#Cc1cccc(CN2CC[C@H](NS(=O)(=O)c3ccc4c(N)nccc4c3)C2=O)c1. The summed E-state index contributed by atoms with van der Waals surface area (Å²) in [6.07, 6.45) is 1.89. The molecule has 1 saturated heterocycles. The Morgan fingerprint density at radius 3 is 2.87 bits per heavy atom. The number of amides is 1. The number of sulfonamides is 1. The van der Waals surface area contributed by atoms with Crippen molar-refractivity contribution in [3.05, 3.63) is 65.9 Å². The number of pyridine rings is 1. The van der Waals surface area contributed by atoms with Crippen LogP contribution in [0.25, 0.3) is 10.8 Å². The molecule has 4 rings (SSSR count). The van der Waals surface area contributed by atoms with Crippen molar-refractivity contribution in [3.8, 4) is 6.07 Å². The minimum atomic E-state index is -3.89. The first-order valence-corrected chi connectivity index (χ1v) is 10.8. The quantitative estimate of drug-likeness (QED) is 0.646. The van der Waals surface area contributed by atoms with Crippen LogP contribution in [0.15, 0.2) is 59.6 Å². The molecular weight excluding hydrogens is 402 g/mol. The minimum Gasteiger partial charge on any atom is -0.383 e. The van der Waals surface area contributed by atoms with Crippen LogP contribution >= 0.6 is 0 Å². The van der Waals surface area contributed by atoms with Crippen LogP contribution < -0.4 is 10.5 Å². The summed E-state index contributed by atoms with van der Waals surface area (Å²) in [7, 11) is -3.89. The Morgan fingerprint density at radius 2 is 2.07 bits per heavy atom. The fourth-order valence-corrected chi connectivity index (χ4v) is 4.83. The van der Waals surface area contributed by atoms with Gasteiger partial charge in [-0.2, -0.15) is 9.98 Å². The number of carbonyl (C=O) groups excluding carboxylic acids is 1. The van der Waals surface area contributed by atoms with Crippen LogP contribution in [-0.2, 0) is 21.4 Å². The minimum absolute atomic E-state index is 0.0635. The van der Waals surface area contributed by atoms with Gasteiger partial charge in [0, 0.05) is 24.7 Å². The normalized spacial score (nSPS) is 16.7. The summed E-state index contributed by atoms with van der Waals surface area (Å²) in [6.45, 7) is 0.761. The van der Waals surface area contributed by atoms with Crippen LogP contribution in [0.2, 0.25) is 0 Å². The summed E-state index contributed by atoms with van der Waals surface area (Å²) in [5.41, 5.74) is 7.16. The highest BCUT2D eigenvalue weighted by Gasteiger charge is 2.35. The molecule has 0 bridgehead atoms. The third-order valence-corrected chi connectivity index (χ3v) is 6.57. The Balaban J connectivity index is 1.50. The first-order chi connectivity index (χ1) is 14.4. The lowest BCUT2D eigenvalue weighted by atomic mass is 10.1. The monoisotopic (exact) mass is 421 g/mol. The third-order valence-electron chi connectivity index (χ3n) is 5.10. The second-order valence-corrected chi connectivity index (χ2v) is 8.83. The van der Waals surface area contributed by atoms with Crippen molar-refractivity contribution < 1.29 is 13.2 Å². The predicted octanol–water partition coefficient (Wildman–Crippen LogP) is 1.77. The van der Waals surface area contributed by atoms with E-state index in [1.807, 2.05) is 6.07 Å². The van der Waals surface area contributed by atoms with E-state index in [0.717, 1.165) is 5.56 Å². The zero-order chi connectivity index (χ0) is 21.3. The van der Waals surface area contributed by atoms with Crippen molar-refractivity contribution in [1.82, 2.24) is 14.6 Å². The number of nitriles is 1. The number of nitrogens with zero attached hydrogens (tertiary/aromatic N) is 3. The van der Waals surface area contributed by atoms with Crippen LogP contribution in [-0.4, -0.2) is 36.8 Å². The summed E-state index contributed by atoms with van der Waals surface area (Å²) in [4.78, 5) is 18.4.